The monoisotopic (exact) mass is 714 g/mol. The average molecular weight is 715 g/mol. The number of esters is 1. The lowest BCUT2D eigenvalue weighted by atomic mass is 9.82. The third kappa shape index (κ3) is 9.62. The Kier molecular flexibility index (Phi) is 11.8. The fourth-order valence-electron chi connectivity index (χ4n) is 6.83. The fraction of sp³-hybridized carbons (Fsp3) is 0.513. The zero-order valence-corrected chi connectivity index (χ0v) is 30.8. The van der Waals surface area contributed by atoms with Gasteiger partial charge in [-0.3, -0.25) is 24.2 Å². The highest BCUT2D eigenvalue weighted by Gasteiger charge is 2.45. The molecule has 1 saturated carbocycles. The lowest BCUT2D eigenvalue weighted by Gasteiger charge is -2.35. The van der Waals surface area contributed by atoms with E-state index in [9.17, 15) is 24.0 Å². The molecule has 278 valence electrons. The van der Waals surface area contributed by atoms with Crippen molar-refractivity contribution in [2.24, 2.45) is 17.3 Å². The molecule has 1 aliphatic carbocycles. The van der Waals surface area contributed by atoms with Crippen LogP contribution in [-0.2, 0) is 19.1 Å². The summed E-state index contributed by atoms with van der Waals surface area (Å²) in [6, 6.07) is 10.1. The molecule has 2 heterocycles. The molecule has 0 spiro atoms. The van der Waals surface area contributed by atoms with Crippen LogP contribution in [-0.4, -0.2) is 81.5 Å². The molecule has 4 atom stereocenters. The Morgan fingerprint density at radius 3 is 2.23 bits per heavy atom. The van der Waals surface area contributed by atoms with Crippen LogP contribution in [0.15, 0.2) is 61.1 Å². The van der Waals surface area contributed by atoms with E-state index in [1.165, 1.54) is 23.5 Å². The summed E-state index contributed by atoms with van der Waals surface area (Å²) in [7, 11) is 0. The minimum absolute atomic E-state index is 0.0249. The number of carbonyl (C=O) groups excluding carboxylic acids is 5. The molecule has 1 aromatic heterocycles. The van der Waals surface area contributed by atoms with Crippen LogP contribution in [0.1, 0.15) is 84.1 Å². The third-order valence-corrected chi connectivity index (χ3v) is 9.46. The molecule has 2 aliphatic rings. The normalized spacial score (nSPS) is 19.3. The first-order chi connectivity index (χ1) is 24.6. The Hall–Kier alpha value is -5.07. The molecule has 13 nitrogen and oxygen atoms in total. The van der Waals surface area contributed by atoms with Crippen LogP contribution >= 0.6 is 0 Å². The number of fused-ring (bicyclic) bond motifs is 1. The Morgan fingerprint density at radius 1 is 0.846 bits per heavy atom. The van der Waals surface area contributed by atoms with Crippen LogP contribution in [0.5, 0.6) is 5.75 Å². The summed E-state index contributed by atoms with van der Waals surface area (Å²) in [5.74, 6) is -2.79. The van der Waals surface area contributed by atoms with Crippen molar-refractivity contribution < 1.29 is 33.4 Å². The Bertz CT molecular complexity index is 1760. The number of amides is 4. The maximum atomic E-state index is 14.2. The highest BCUT2D eigenvalue weighted by molar-refractivity contribution is 5.97. The van der Waals surface area contributed by atoms with E-state index in [-0.39, 0.29) is 24.7 Å². The average Bonchev–Trinajstić information content (AvgIpc) is 3.53. The fourth-order valence-corrected chi connectivity index (χ4v) is 6.83. The number of ether oxygens (including phenoxy) is 2. The van der Waals surface area contributed by atoms with E-state index in [1.807, 2.05) is 51.1 Å². The molecule has 1 saturated heterocycles. The van der Waals surface area contributed by atoms with Gasteiger partial charge in [-0.2, -0.15) is 0 Å². The number of carbonyl (C=O) groups is 5. The van der Waals surface area contributed by atoms with Gasteiger partial charge in [0, 0.05) is 30.9 Å². The smallest absolute Gasteiger partial charge is 0.415 e. The third-order valence-electron chi connectivity index (χ3n) is 9.46. The Labute approximate surface area is 304 Å². The standard InChI is InChI=1S/C39H50N6O7/c1-38(2,3)32(44-34(47)31(25-14-8-7-9-15-25)43-33(46)28-21-40-19-20-41-28)35(48)42-29-23-45(22-27(29)36(49)52-39(4,5)6)37(50)51-30-18-12-16-24-13-10-11-17-26(24)30/h10-13,16-21,25,27,29,31-32H,7-9,14-15,22-23H2,1-6H3,(H,42,48)(H,43,46)(H,44,47)/t27-,29+,31+,32-/m1/s1. The number of nitrogens with one attached hydrogen (secondary N) is 3. The number of hydrogen-bond acceptors (Lipinski definition) is 9. The van der Waals surface area contributed by atoms with Gasteiger partial charge in [-0.1, -0.05) is 76.4 Å². The van der Waals surface area contributed by atoms with Crippen molar-refractivity contribution >= 4 is 40.6 Å². The number of rotatable bonds is 9. The number of aromatic nitrogens is 2. The summed E-state index contributed by atoms with van der Waals surface area (Å²) >= 11 is 0. The quantitative estimate of drug-likeness (QED) is 0.264. The van der Waals surface area contributed by atoms with Gasteiger partial charge in [-0.05, 0) is 56.4 Å². The molecule has 4 amide bonds. The SMILES string of the molecule is CC(C)(C)OC(=O)[C@@H]1CN(C(=O)Oc2cccc3ccccc23)C[C@@H]1NC(=O)[C@@H](NC(=O)[C@@H](NC(=O)c1cnccn1)C1CCCCC1)C(C)(C)C. The van der Waals surface area contributed by atoms with E-state index < -0.39 is 64.8 Å². The lowest BCUT2D eigenvalue weighted by molar-refractivity contribution is -0.160. The largest absolute Gasteiger partial charge is 0.460 e. The van der Waals surface area contributed by atoms with E-state index in [4.69, 9.17) is 9.47 Å². The molecule has 3 aromatic rings. The van der Waals surface area contributed by atoms with Gasteiger partial charge >= 0.3 is 12.1 Å². The van der Waals surface area contributed by atoms with Crippen LogP contribution < -0.4 is 20.7 Å². The van der Waals surface area contributed by atoms with E-state index in [1.54, 1.807) is 32.9 Å². The maximum absolute atomic E-state index is 14.2. The van der Waals surface area contributed by atoms with Crippen molar-refractivity contribution in [2.45, 2.75) is 97.4 Å². The Balaban J connectivity index is 1.35. The second-order valence-electron chi connectivity index (χ2n) is 15.8. The molecule has 5 rings (SSSR count). The van der Waals surface area contributed by atoms with Crippen molar-refractivity contribution in [3.05, 3.63) is 66.7 Å². The zero-order valence-electron chi connectivity index (χ0n) is 30.8. The van der Waals surface area contributed by atoms with Gasteiger partial charge in [-0.25, -0.2) is 9.78 Å². The van der Waals surface area contributed by atoms with E-state index >= 15 is 0 Å². The maximum Gasteiger partial charge on any atom is 0.415 e. The second kappa shape index (κ2) is 16.1. The number of nitrogens with zero attached hydrogens (tertiary/aromatic N) is 3. The van der Waals surface area contributed by atoms with E-state index in [0.29, 0.717) is 5.75 Å². The van der Waals surface area contributed by atoms with E-state index in [2.05, 4.69) is 25.9 Å². The first-order valence-electron chi connectivity index (χ1n) is 18.0. The minimum Gasteiger partial charge on any atom is -0.460 e. The van der Waals surface area contributed by atoms with Crippen LogP contribution in [0.4, 0.5) is 4.79 Å². The van der Waals surface area contributed by atoms with Gasteiger partial charge in [-0.15, -0.1) is 0 Å². The number of benzene rings is 2. The lowest BCUT2D eigenvalue weighted by Crippen LogP contribution is -2.61. The first-order valence-corrected chi connectivity index (χ1v) is 18.0. The zero-order chi connectivity index (χ0) is 37.6. The summed E-state index contributed by atoms with van der Waals surface area (Å²) in [6.45, 7) is 10.6. The van der Waals surface area contributed by atoms with Crippen LogP contribution in [0.3, 0.4) is 0 Å². The van der Waals surface area contributed by atoms with Crippen molar-refractivity contribution in [2.75, 3.05) is 13.1 Å². The molecular formula is C39H50N6O7. The summed E-state index contributed by atoms with van der Waals surface area (Å²) < 4.78 is 11.5. The van der Waals surface area contributed by atoms with Gasteiger partial charge in [0.2, 0.25) is 11.8 Å². The highest BCUT2D eigenvalue weighted by atomic mass is 16.6. The van der Waals surface area contributed by atoms with Crippen molar-refractivity contribution in [3.8, 4) is 5.75 Å². The summed E-state index contributed by atoms with van der Waals surface area (Å²) in [6.07, 6.45) is 7.91. The molecule has 0 unspecified atom stereocenters. The van der Waals surface area contributed by atoms with Crippen LogP contribution in [0.25, 0.3) is 10.8 Å². The molecule has 13 heteroatoms. The summed E-state index contributed by atoms with van der Waals surface area (Å²) in [4.78, 5) is 77.9. The minimum atomic E-state index is -1.06. The van der Waals surface area contributed by atoms with Crippen molar-refractivity contribution in [3.63, 3.8) is 0 Å². The molecule has 52 heavy (non-hydrogen) atoms. The second-order valence-corrected chi connectivity index (χ2v) is 15.8. The molecule has 0 radical (unpaired) electrons. The number of likely N-dealkylation sites (tertiary alicyclic amines) is 1. The summed E-state index contributed by atoms with van der Waals surface area (Å²) in [5, 5.41) is 10.4. The summed E-state index contributed by atoms with van der Waals surface area (Å²) in [5.41, 5.74) is -1.51. The molecule has 2 fully saturated rings. The van der Waals surface area contributed by atoms with Gasteiger partial charge in [0.15, 0.2) is 0 Å². The highest BCUT2D eigenvalue weighted by Crippen LogP contribution is 2.30. The van der Waals surface area contributed by atoms with Gasteiger partial charge < -0.3 is 30.3 Å². The van der Waals surface area contributed by atoms with Crippen molar-refractivity contribution in [1.29, 1.82) is 0 Å². The topological polar surface area (TPSA) is 169 Å². The predicted octanol–water partition coefficient (Wildman–Crippen LogP) is 4.80. The molecule has 0 bridgehead atoms. The van der Waals surface area contributed by atoms with Crippen LogP contribution in [0, 0.1) is 17.3 Å². The first kappa shape index (κ1) is 38.2. The molecular weight excluding hydrogens is 664 g/mol. The van der Waals surface area contributed by atoms with Crippen molar-refractivity contribution in [1.82, 2.24) is 30.8 Å². The van der Waals surface area contributed by atoms with Crippen LogP contribution in [0.2, 0.25) is 0 Å². The molecule has 2 aromatic carbocycles. The number of hydrogen-bond donors (Lipinski definition) is 3. The molecule has 1 aliphatic heterocycles. The van der Waals surface area contributed by atoms with Gasteiger partial charge in [0.25, 0.3) is 5.91 Å². The molecule has 3 N–H and O–H groups in total. The van der Waals surface area contributed by atoms with Gasteiger partial charge in [0.05, 0.1) is 18.2 Å². The van der Waals surface area contributed by atoms with Gasteiger partial charge in [0.1, 0.15) is 29.1 Å². The Morgan fingerprint density at radius 2 is 1.56 bits per heavy atom. The van der Waals surface area contributed by atoms with E-state index in [0.717, 1.165) is 42.9 Å². The predicted molar refractivity (Wildman–Crippen MR) is 194 cm³/mol.